The number of carbonyl (C=O) groups is 2. The smallest absolute Gasteiger partial charge is 0.244 e. The summed E-state index contributed by atoms with van der Waals surface area (Å²) in [4.78, 5) is 28.4. The first-order valence-electron chi connectivity index (χ1n) is 12.6. The SMILES string of the molecule is CC[C@@H](C)NC(=O)[C@H](CC)N(Cc1ccc(C)cc1)C(=O)CN(c1ccc(C(C)C)cc1)S(C)(=O)=O. The van der Waals surface area contributed by atoms with Crippen LogP contribution in [0.2, 0.25) is 0 Å². The highest BCUT2D eigenvalue weighted by atomic mass is 32.2. The fourth-order valence-electron chi connectivity index (χ4n) is 3.89. The lowest BCUT2D eigenvalue weighted by molar-refractivity contribution is -0.140. The van der Waals surface area contributed by atoms with Crippen molar-refractivity contribution in [3.63, 3.8) is 0 Å². The van der Waals surface area contributed by atoms with E-state index in [2.05, 4.69) is 19.2 Å². The van der Waals surface area contributed by atoms with Crippen LogP contribution in [0.25, 0.3) is 0 Å². The van der Waals surface area contributed by atoms with E-state index in [4.69, 9.17) is 0 Å². The third kappa shape index (κ3) is 8.08. The summed E-state index contributed by atoms with van der Waals surface area (Å²) < 4.78 is 26.6. The molecule has 198 valence electrons. The number of rotatable bonds is 12. The van der Waals surface area contributed by atoms with Crippen LogP contribution < -0.4 is 9.62 Å². The molecule has 0 saturated heterocycles. The molecule has 0 unspecified atom stereocenters. The summed E-state index contributed by atoms with van der Waals surface area (Å²) in [5, 5.41) is 2.98. The molecule has 0 saturated carbocycles. The highest BCUT2D eigenvalue weighted by molar-refractivity contribution is 7.92. The Morgan fingerprint density at radius 3 is 1.97 bits per heavy atom. The van der Waals surface area contributed by atoms with E-state index >= 15 is 0 Å². The zero-order valence-electron chi connectivity index (χ0n) is 22.6. The van der Waals surface area contributed by atoms with Crippen LogP contribution >= 0.6 is 0 Å². The molecule has 0 aliphatic carbocycles. The molecule has 2 rings (SSSR count). The lowest BCUT2D eigenvalue weighted by Crippen LogP contribution is -2.53. The van der Waals surface area contributed by atoms with Crippen molar-refractivity contribution in [1.82, 2.24) is 10.2 Å². The minimum atomic E-state index is -3.75. The quantitative estimate of drug-likeness (QED) is 0.447. The Kier molecular flexibility index (Phi) is 10.5. The molecule has 0 heterocycles. The standard InChI is InChI=1S/C28H41N3O4S/c1-8-22(6)29-28(33)26(9-2)30(18-23-12-10-21(5)11-13-23)27(32)19-31(36(7,34)35)25-16-14-24(15-17-25)20(3)4/h10-17,20,22,26H,8-9,18-19H2,1-7H3,(H,29,33)/t22-,26+/m1/s1. The van der Waals surface area contributed by atoms with Crippen LogP contribution in [0.3, 0.4) is 0 Å². The normalized spacial score (nSPS) is 13.2. The summed E-state index contributed by atoms with van der Waals surface area (Å²) in [6.07, 6.45) is 2.26. The van der Waals surface area contributed by atoms with E-state index in [9.17, 15) is 18.0 Å². The second-order valence-electron chi connectivity index (χ2n) is 9.77. The molecular weight excluding hydrogens is 474 g/mol. The van der Waals surface area contributed by atoms with E-state index in [-0.39, 0.29) is 18.5 Å². The summed E-state index contributed by atoms with van der Waals surface area (Å²) >= 11 is 0. The number of nitrogens with zero attached hydrogens (tertiary/aromatic N) is 2. The molecule has 0 radical (unpaired) electrons. The van der Waals surface area contributed by atoms with Crippen molar-refractivity contribution in [2.24, 2.45) is 0 Å². The number of hydrogen-bond acceptors (Lipinski definition) is 4. The zero-order valence-corrected chi connectivity index (χ0v) is 23.4. The van der Waals surface area contributed by atoms with E-state index in [1.54, 1.807) is 12.1 Å². The number of amides is 2. The third-order valence-corrected chi connectivity index (χ3v) is 7.53. The lowest BCUT2D eigenvalue weighted by atomic mass is 10.0. The molecule has 2 aromatic rings. The summed E-state index contributed by atoms with van der Waals surface area (Å²) in [6.45, 7) is 11.7. The van der Waals surface area contributed by atoms with Crippen LogP contribution in [0.5, 0.6) is 0 Å². The molecule has 2 amide bonds. The molecule has 1 N–H and O–H groups in total. The van der Waals surface area contributed by atoms with Gasteiger partial charge in [0.2, 0.25) is 21.8 Å². The Bertz CT molecular complexity index is 1110. The minimum absolute atomic E-state index is 0.0325. The molecular formula is C28H41N3O4S. The fourth-order valence-corrected chi connectivity index (χ4v) is 4.74. The Labute approximate surface area is 216 Å². The van der Waals surface area contributed by atoms with Crippen LogP contribution in [0.4, 0.5) is 5.69 Å². The predicted molar refractivity (Wildman–Crippen MR) is 146 cm³/mol. The number of hydrogen-bond donors (Lipinski definition) is 1. The van der Waals surface area contributed by atoms with Gasteiger partial charge in [0.15, 0.2) is 0 Å². The maximum Gasteiger partial charge on any atom is 0.244 e. The summed E-state index contributed by atoms with van der Waals surface area (Å²) in [5.41, 5.74) is 3.46. The molecule has 0 aliphatic heterocycles. The van der Waals surface area contributed by atoms with E-state index in [1.165, 1.54) is 4.90 Å². The van der Waals surface area contributed by atoms with Gasteiger partial charge >= 0.3 is 0 Å². The van der Waals surface area contributed by atoms with E-state index in [0.717, 1.165) is 33.7 Å². The first-order chi connectivity index (χ1) is 16.9. The summed E-state index contributed by atoms with van der Waals surface area (Å²) in [7, 11) is -3.75. The van der Waals surface area contributed by atoms with Crippen molar-refractivity contribution >= 4 is 27.5 Å². The Balaban J connectivity index is 2.42. The van der Waals surface area contributed by atoms with Crippen LogP contribution in [-0.2, 0) is 26.2 Å². The lowest BCUT2D eigenvalue weighted by Gasteiger charge is -2.33. The van der Waals surface area contributed by atoms with Gasteiger partial charge in [0.05, 0.1) is 11.9 Å². The second-order valence-corrected chi connectivity index (χ2v) is 11.7. The van der Waals surface area contributed by atoms with Crippen molar-refractivity contribution in [1.29, 1.82) is 0 Å². The van der Waals surface area contributed by atoms with E-state index in [0.29, 0.717) is 18.0 Å². The van der Waals surface area contributed by atoms with Gasteiger partial charge in [-0.2, -0.15) is 0 Å². The van der Waals surface area contributed by atoms with Gasteiger partial charge in [-0.25, -0.2) is 8.42 Å². The van der Waals surface area contributed by atoms with Gasteiger partial charge in [0.25, 0.3) is 0 Å². The molecule has 0 spiro atoms. The van der Waals surface area contributed by atoms with Crippen molar-refractivity contribution < 1.29 is 18.0 Å². The van der Waals surface area contributed by atoms with Crippen molar-refractivity contribution in [3.8, 4) is 0 Å². The van der Waals surface area contributed by atoms with Gasteiger partial charge in [-0.1, -0.05) is 69.7 Å². The van der Waals surface area contributed by atoms with Gasteiger partial charge < -0.3 is 10.2 Å². The zero-order chi connectivity index (χ0) is 27.0. The number of nitrogens with one attached hydrogen (secondary N) is 1. The summed E-state index contributed by atoms with van der Waals surface area (Å²) in [6, 6.07) is 14.2. The topological polar surface area (TPSA) is 86.8 Å². The molecule has 8 heteroatoms. The average Bonchev–Trinajstić information content (AvgIpc) is 2.82. The molecule has 7 nitrogen and oxygen atoms in total. The summed E-state index contributed by atoms with van der Waals surface area (Å²) in [5.74, 6) is -0.369. The number of anilines is 1. The third-order valence-electron chi connectivity index (χ3n) is 6.39. The van der Waals surface area contributed by atoms with Gasteiger partial charge in [0.1, 0.15) is 12.6 Å². The maximum atomic E-state index is 13.7. The van der Waals surface area contributed by atoms with Crippen molar-refractivity contribution in [2.45, 2.75) is 78.9 Å². The fraction of sp³-hybridized carbons (Fsp3) is 0.500. The van der Waals surface area contributed by atoms with Gasteiger partial charge in [-0.15, -0.1) is 0 Å². The predicted octanol–water partition coefficient (Wildman–Crippen LogP) is 4.61. The van der Waals surface area contributed by atoms with Crippen molar-refractivity contribution in [2.75, 3.05) is 17.1 Å². The first kappa shape index (κ1) is 29.4. The van der Waals surface area contributed by atoms with E-state index < -0.39 is 28.5 Å². The van der Waals surface area contributed by atoms with Crippen LogP contribution in [0, 0.1) is 6.92 Å². The second kappa shape index (κ2) is 12.9. The Morgan fingerprint density at radius 1 is 0.917 bits per heavy atom. The van der Waals surface area contributed by atoms with Crippen LogP contribution in [-0.4, -0.2) is 50.0 Å². The molecule has 0 aliphatic rings. The number of carbonyl (C=O) groups excluding carboxylic acids is 2. The Hall–Kier alpha value is -2.87. The Morgan fingerprint density at radius 2 is 1.50 bits per heavy atom. The average molecular weight is 516 g/mol. The highest BCUT2D eigenvalue weighted by Crippen LogP contribution is 2.23. The molecule has 0 aromatic heterocycles. The van der Waals surface area contributed by atoms with Crippen LogP contribution in [0.15, 0.2) is 48.5 Å². The van der Waals surface area contributed by atoms with Crippen molar-refractivity contribution in [3.05, 3.63) is 65.2 Å². The highest BCUT2D eigenvalue weighted by Gasteiger charge is 2.32. The molecule has 2 atom stereocenters. The molecule has 0 fully saturated rings. The monoisotopic (exact) mass is 515 g/mol. The number of sulfonamides is 1. The van der Waals surface area contributed by atoms with Gasteiger partial charge in [0, 0.05) is 12.6 Å². The number of aryl methyl sites for hydroxylation is 1. The molecule has 0 bridgehead atoms. The largest absolute Gasteiger partial charge is 0.352 e. The van der Waals surface area contributed by atoms with E-state index in [1.807, 2.05) is 64.1 Å². The minimum Gasteiger partial charge on any atom is -0.352 e. The number of benzene rings is 2. The van der Waals surface area contributed by atoms with Gasteiger partial charge in [-0.05, 0) is 55.9 Å². The first-order valence-corrected chi connectivity index (χ1v) is 14.4. The molecule has 36 heavy (non-hydrogen) atoms. The van der Waals surface area contributed by atoms with Gasteiger partial charge in [-0.3, -0.25) is 13.9 Å². The maximum absolute atomic E-state index is 13.7. The molecule has 2 aromatic carbocycles. The van der Waals surface area contributed by atoms with Crippen LogP contribution in [0.1, 0.15) is 70.1 Å².